The van der Waals surface area contributed by atoms with Crippen LogP contribution in [0, 0.1) is 5.92 Å². The maximum Gasteiger partial charge on any atom is 0.236 e. The third-order valence-electron chi connectivity index (χ3n) is 6.07. The topological polar surface area (TPSA) is 118 Å². The van der Waals surface area contributed by atoms with E-state index in [1.54, 1.807) is 24.4 Å². The quantitative estimate of drug-likeness (QED) is 0.423. The van der Waals surface area contributed by atoms with Gasteiger partial charge in [-0.2, -0.15) is 0 Å². The summed E-state index contributed by atoms with van der Waals surface area (Å²) >= 11 is 0. The Morgan fingerprint density at radius 2 is 1.76 bits per heavy atom. The molecular weight excluding hydrogens is 424 g/mol. The van der Waals surface area contributed by atoms with E-state index in [2.05, 4.69) is 20.5 Å². The second-order valence-corrected chi connectivity index (χ2v) is 8.29. The van der Waals surface area contributed by atoms with E-state index in [4.69, 9.17) is 0 Å². The molecule has 0 spiro atoms. The van der Waals surface area contributed by atoms with Crippen molar-refractivity contribution in [3.05, 3.63) is 42.6 Å². The Balaban J connectivity index is 1.21. The van der Waals surface area contributed by atoms with E-state index in [1.165, 1.54) is 12.1 Å². The molecule has 4 rings (SSSR count). The number of pyridine rings is 1. The van der Waals surface area contributed by atoms with Crippen molar-refractivity contribution < 1.29 is 19.5 Å². The predicted molar refractivity (Wildman–Crippen MR) is 124 cm³/mol. The third-order valence-corrected chi connectivity index (χ3v) is 6.07. The highest BCUT2D eigenvalue weighted by molar-refractivity contribution is 5.93. The van der Waals surface area contributed by atoms with Crippen LogP contribution in [-0.4, -0.2) is 83.9 Å². The number of anilines is 3. The van der Waals surface area contributed by atoms with Gasteiger partial charge in [0.15, 0.2) is 0 Å². The van der Waals surface area contributed by atoms with Crippen LogP contribution in [0.15, 0.2) is 42.6 Å². The number of hydrogen-bond donors (Lipinski definition) is 3. The second kappa shape index (κ2) is 10.3. The highest BCUT2D eigenvalue weighted by Gasteiger charge is 2.31. The summed E-state index contributed by atoms with van der Waals surface area (Å²) in [6, 6.07) is 10.0. The standard InChI is InChI=1S/C23H28N6O4/c30-16-25-19-3-6-21(24-13-19)28-9-11-29(12-10-28)22(32)15-27-8-7-17(14-27)23(33)26-18-1-4-20(31)5-2-18/h1-6,13,16-17,31H,7-12,14-15H2,(H,25,30)(H,26,33). The molecule has 3 N–H and O–H groups in total. The first-order valence-electron chi connectivity index (χ1n) is 11.0. The summed E-state index contributed by atoms with van der Waals surface area (Å²) in [6.07, 6.45) is 2.94. The first-order valence-corrected chi connectivity index (χ1v) is 11.0. The Kier molecular flexibility index (Phi) is 7.04. The predicted octanol–water partition coefficient (Wildman–Crippen LogP) is 0.965. The van der Waals surface area contributed by atoms with Crippen LogP contribution >= 0.6 is 0 Å². The molecule has 0 bridgehead atoms. The fraction of sp³-hybridized carbons (Fsp3) is 0.391. The molecule has 174 valence electrons. The van der Waals surface area contributed by atoms with Crippen LogP contribution < -0.4 is 15.5 Å². The lowest BCUT2D eigenvalue weighted by molar-refractivity contribution is -0.132. The van der Waals surface area contributed by atoms with Crippen LogP contribution in [0.2, 0.25) is 0 Å². The number of phenols is 1. The van der Waals surface area contributed by atoms with Gasteiger partial charge in [0.05, 0.1) is 24.3 Å². The van der Waals surface area contributed by atoms with Gasteiger partial charge in [-0.15, -0.1) is 0 Å². The molecule has 10 nitrogen and oxygen atoms in total. The molecule has 2 saturated heterocycles. The molecule has 2 aliphatic rings. The Bertz CT molecular complexity index is 973. The van der Waals surface area contributed by atoms with Crippen LogP contribution in [0.5, 0.6) is 5.75 Å². The number of nitrogens with zero attached hydrogens (tertiary/aromatic N) is 4. The van der Waals surface area contributed by atoms with Crippen molar-refractivity contribution in [1.29, 1.82) is 0 Å². The molecule has 1 aromatic heterocycles. The lowest BCUT2D eigenvalue weighted by Gasteiger charge is -2.36. The molecule has 33 heavy (non-hydrogen) atoms. The number of piperazine rings is 1. The lowest BCUT2D eigenvalue weighted by Crippen LogP contribution is -2.51. The summed E-state index contributed by atoms with van der Waals surface area (Å²) in [6.45, 7) is 4.20. The third kappa shape index (κ3) is 5.78. The van der Waals surface area contributed by atoms with Crippen LogP contribution in [-0.2, 0) is 14.4 Å². The van der Waals surface area contributed by atoms with Gasteiger partial charge in [-0.1, -0.05) is 0 Å². The summed E-state index contributed by atoms with van der Waals surface area (Å²) in [5.74, 6) is 0.825. The van der Waals surface area contributed by atoms with E-state index < -0.39 is 0 Å². The summed E-state index contributed by atoms with van der Waals surface area (Å²) < 4.78 is 0. The molecule has 1 aromatic carbocycles. The number of phenolic OH excluding ortho intramolecular Hbond substituents is 1. The van der Waals surface area contributed by atoms with Crippen molar-refractivity contribution >= 4 is 35.4 Å². The van der Waals surface area contributed by atoms with Gasteiger partial charge in [-0.25, -0.2) is 4.98 Å². The summed E-state index contributed by atoms with van der Waals surface area (Å²) in [5, 5.41) is 14.8. The van der Waals surface area contributed by atoms with E-state index in [9.17, 15) is 19.5 Å². The molecule has 0 aliphatic carbocycles. The maximum absolute atomic E-state index is 12.8. The van der Waals surface area contributed by atoms with Crippen LogP contribution in [0.1, 0.15) is 6.42 Å². The number of rotatable bonds is 7. The Morgan fingerprint density at radius 3 is 2.42 bits per heavy atom. The number of benzene rings is 1. The van der Waals surface area contributed by atoms with Crippen molar-refractivity contribution in [3.63, 3.8) is 0 Å². The highest BCUT2D eigenvalue weighted by Crippen LogP contribution is 2.21. The molecule has 2 aliphatic heterocycles. The number of aromatic nitrogens is 1. The number of amides is 3. The van der Waals surface area contributed by atoms with E-state index in [0.29, 0.717) is 70.0 Å². The zero-order valence-electron chi connectivity index (χ0n) is 18.3. The summed E-state index contributed by atoms with van der Waals surface area (Å²) in [4.78, 5) is 46.2. The minimum absolute atomic E-state index is 0.0638. The molecule has 1 atom stereocenters. The number of nitrogens with one attached hydrogen (secondary N) is 2. The van der Waals surface area contributed by atoms with Gasteiger partial charge in [-0.05, 0) is 49.4 Å². The normalized spacial score (nSPS) is 18.7. The van der Waals surface area contributed by atoms with E-state index in [-0.39, 0.29) is 23.5 Å². The largest absolute Gasteiger partial charge is 0.508 e. The fourth-order valence-electron chi connectivity index (χ4n) is 4.18. The van der Waals surface area contributed by atoms with Gasteiger partial charge in [0.25, 0.3) is 0 Å². The monoisotopic (exact) mass is 452 g/mol. The molecule has 0 saturated carbocycles. The Morgan fingerprint density at radius 1 is 1.03 bits per heavy atom. The van der Waals surface area contributed by atoms with E-state index in [0.717, 1.165) is 5.82 Å². The van der Waals surface area contributed by atoms with Crippen LogP contribution in [0.4, 0.5) is 17.2 Å². The van der Waals surface area contributed by atoms with E-state index in [1.807, 2.05) is 15.9 Å². The average Bonchev–Trinajstić information content (AvgIpc) is 3.30. The van der Waals surface area contributed by atoms with Crippen molar-refractivity contribution in [2.45, 2.75) is 6.42 Å². The zero-order valence-corrected chi connectivity index (χ0v) is 18.3. The molecular formula is C23H28N6O4. The minimum Gasteiger partial charge on any atom is -0.508 e. The number of hydrogen-bond acceptors (Lipinski definition) is 7. The summed E-state index contributed by atoms with van der Waals surface area (Å²) in [5.41, 5.74) is 1.29. The molecule has 2 aromatic rings. The number of likely N-dealkylation sites (tertiary alicyclic amines) is 1. The Hall–Kier alpha value is -3.66. The van der Waals surface area contributed by atoms with Crippen molar-refractivity contribution in [3.8, 4) is 5.75 Å². The van der Waals surface area contributed by atoms with Gasteiger partial charge < -0.3 is 25.5 Å². The Labute approximate surface area is 192 Å². The molecule has 3 heterocycles. The highest BCUT2D eigenvalue weighted by atomic mass is 16.3. The van der Waals surface area contributed by atoms with Gasteiger partial charge in [0, 0.05) is 38.4 Å². The SMILES string of the molecule is O=CNc1ccc(N2CCN(C(=O)CN3CCC(C(=O)Nc4ccc(O)cc4)C3)CC2)nc1. The first-order chi connectivity index (χ1) is 16.0. The van der Waals surface area contributed by atoms with Crippen LogP contribution in [0.3, 0.4) is 0 Å². The first kappa shape index (κ1) is 22.5. The van der Waals surface area contributed by atoms with Crippen molar-refractivity contribution in [1.82, 2.24) is 14.8 Å². The lowest BCUT2D eigenvalue weighted by atomic mass is 10.1. The van der Waals surface area contributed by atoms with Crippen LogP contribution in [0.25, 0.3) is 0 Å². The second-order valence-electron chi connectivity index (χ2n) is 8.29. The zero-order chi connectivity index (χ0) is 23.2. The molecule has 3 amide bonds. The summed E-state index contributed by atoms with van der Waals surface area (Å²) in [7, 11) is 0. The molecule has 1 unspecified atom stereocenters. The molecule has 0 radical (unpaired) electrons. The van der Waals surface area contributed by atoms with Gasteiger partial charge in [0.1, 0.15) is 11.6 Å². The van der Waals surface area contributed by atoms with Gasteiger partial charge >= 0.3 is 0 Å². The number of carbonyl (C=O) groups is 3. The van der Waals surface area contributed by atoms with Gasteiger partial charge in [-0.3, -0.25) is 19.3 Å². The molecule has 10 heteroatoms. The van der Waals surface area contributed by atoms with Gasteiger partial charge in [0.2, 0.25) is 18.2 Å². The van der Waals surface area contributed by atoms with Crippen molar-refractivity contribution in [2.24, 2.45) is 5.92 Å². The molecule has 2 fully saturated rings. The minimum atomic E-state index is -0.161. The average molecular weight is 453 g/mol. The fourth-order valence-corrected chi connectivity index (χ4v) is 4.18. The van der Waals surface area contributed by atoms with Crippen molar-refractivity contribution in [2.75, 3.05) is 61.3 Å². The number of carbonyl (C=O) groups excluding carboxylic acids is 3. The smallest absolute Gasteiger partial charge is 0.236 e. The van der Waals surface area contributed by atoms with E-state index >= 15 is 0 Å². The maximum atomic E-state index is 12.8. The number of aromatic hydroxyl groups is 1.